The molecule has 1 atom stereocenters. The molecule has 1 N–H and O–H groups in total. The van der Waals surface area contributed by atoms with E-state index < -0.39 is 0 Å². The molecule has 0 saturated heterocycles. The molecule has 1 aromatic carbocycles. The quantitative estimate of drug-likeness (QED) is 0.886. The number of aromatic nitrogens is 2. The van der Waals surface area contributed by atoms with Gasteiger partial charge in [0.15, 0.2) is 0 Å². The number of hydrogen-bond acceptors (Lipinski definition) is 3. The molecule has 4 nitrogen and oxygen atoms in total. The number of nitrogens with one attached hydrogen (secondary N) is 1. The predicted molar refractivity (Wildman–Crippen MR) is 85.7 cm³/mol. The van der Waals surface area contributed by atoms with Gasteiger partial charge in [0.25, 0.3) is 0 Å². The van der Waals surface area contributed by atoms with Crippen LogP contribution in [0.3, 0.4) is 0 Å². The number of ether oxygens (including phenoxy) is 1. The van der Waals surface area contributed by atoms with Gasteiger partial charge in [0, 0.05) is 18.8 Å². The van der Waals surface area contributed by atoms with Gasteiger partial charge in [0.2, 0.25) is 0 Å². The molecule has 0 amide bonds. The second-order valence-electron chi connectivity index (χ2n) is 5.57. The van der Waals surface area contributed by atoms with Crippen LogP contribution < -0.4 is 10.1 Å². The lowest BCUT2D eigenvalue weighted by Gasteiger charge is -2.19. The Kier molecular flexibility index (Phi) is 5.02. The van der Waals surface area contributed by atoms with Crippen LogP contribution in [0.5, 0.6) is 5.75 Å². The first kappa shape index (κ1) is 15.6. The van der Waals surface area contributed by atoms with E-state index in [1.807, 2.05) is 37.7 Å². The maximum atomic E-state index is 5.71. The highest BCUT2D eigenvalue weighted by Gasteiger charge is 2.17. The second-order valence-corrected chi connectivity index (χ2v) is 5.57. The van der Waals surface area contributed by atoms with E-state index in [-0.39, 0.29) is 12.1 Å². The van der Waals surface area contributed by atoms with Crippen LogP contribution in [0, 0.1) is 6.92 Å². The van der Waals surface area contributed by atoms with Crippen LogP contribution in [0.2, 0.25) is 0 Å². The molecular formula is C17H25N3O. The maximum absolute atomic E-state index is 5.71. The molecule has 0 aliphatic rings. The summed E-state index contributed by atoms with van der Waals surface area (Å²) in [6.07, 6.45) is 2.28. The Morgan fingerprint density at radius 1 is 1.24 bits per heavy atom. The molecule has 21 heavy (non-hydrogen) atoms. The average molecular weight is 287 g/mol. The summed E-state index contributed by atoms with van der Waals surface area (Å²) >= 11 is 0. The lowest BCUT2D eigenvalue weighted by atomic mass is 9.99. The maximum Gasteiger partial charge on any atom is 0.119 e. The summed E-state index contributed by atoms with van der Waals surface area (Å²) in [4.78, 5) is 0. The SMILES string of the molecule is CCNC(c1ccc(OC(C)C)cc1)c1cn(C)nc1C. The topological polar surface area (TPSA) is 39.1 Å². The second kappa shape index (κ2) is 6.76. The molecule has 1 heterocycles. The van der Waals surface area contributed by atoms with Crippen LogP contribution in [-0.2, 0) is 7.05 Å². The summed E-state index contributed by atoms with van der Waals surface area (Å²) < 4.78 is 7.57. The molecule has 4 heteroatoms. The lowest BCUT2D eigenvalue weighted by Crippen LogP contribution is -2.22. The van der Waals surface area contributed by atoms with Crippen molar-refractivity contribution in [1.82, 2.24) is 15.1 Å². The molecule has 0 radical (unpaired) electrons. The monoisotopic (exact) mass is 287 g/mol. The van der Waals surface area contributed by atoms with E-state index in [0.717, 1.165) is 18.0 Å². The minimum Gasteiger partial charge on any atom is -0.491 e. The predicted octanol–water partition coefficient (Wildman–Crippen LogP) is 3.21. The third-order valence-electron chi connectivity index (χ3n) is 3.36. The van der Waals surface area contributed by atoms with Gasteiger partial charge in [-0.2, -0.15) is 5.10 Å². The Bertz CT molecular complexity index is 572. The zero-order valence-electron chi connectivity index (χ0n) is 13.6. The van der Waals surface area contributed by atoms with E-state index in [4.69, 9.17) is 4.74 Å². The molecule has 2 aromatic rings. The van der Waals surface area contributed by atoms with Crippen LogP contribution in [0.4, 0.5) is 0 Å². The van der Waals surface area contributed by atoms with Crippen molar-refractivity contribution >= 4 is 0 Å². The van der Waals surface area contributed by atoms with E-state index in [1.165, 1.54) is 11.1 Å². The van der Waals surface area contributed by atoms with Gasteiger partial charge in [-0.3, -0.25) is 4.68 Å². The van der Waals surface area contributed by atoms with Gasteiger partial charge in [-0.25, -0.2) is 0 Å². The zero-order chi connectivity index (χ0) is 15.4. The molecule has 0 saturated carbocycles. The molecule has 0 fully saturated rings. The highest BCUT2D eigenvalue weighted by molar-refractivity contribution is 5.36. The fourth-order valence-electron chi connectivity index (χ4n) is 2.52. The summed E-state index contributed by atoms with van der Waals surface area (Å²) in [6.45, 7) is 9.15. The van der Waals surface area contributed by atoms with Gasteiger partial charge in [0.1, 0.15) is 5.75 Å². The Labute approximate surface area is 127 Å². The first-order chi connectivity index (χ1) is 10.0. The number of hydrogen-bond donors (Lipinski definition) is 1. The molecule has 114 valence electrons. The number of rotatable bonds is 6. The standard InChI is InChI=1S/C17H25N3O/c1-6-18-17(16-11-20(5)19-13(16)4)14-7-9-15(10-8-14)21-12(2)3/h7-12,17-18H,6H2,1-5H3. The van der Waals surface area contributed by atoms with Crippen LogP contribution in [-0.4, -0.2) is 22.4 Å². The van der Waals surface area contributed by atoms with Crippen LogP contribution in [0.25, 0.3) is 0 Å². The third-order valence-corrected chi connectivity index (χ3v) is 3.36. The van der Waals surface area contributed by atoms with E-state index in [2.05, 4.69) is 42.6 Å². The van der Waals surface area contributed by atoms with E-state index in [1.54, 1.807) is 0 Å². The fourth-order valence-corrected chi connectivity index (χ4v) is 2.52. The molecule has 0 aliphatic carbocycles. The molecule has 0 bridgehead atoms. The number of benzene rings is 1. The molecule has 1 unspecified atom stereocenters. The molecular weight excluding hydrogens is 262 g/mol. The van der Waals surface area contributed by atoms with E-state index >= 15 is 0 Å². The fraction of sp³-hybridized carbons (Fsp3) is 0.471. The lowest BCUT2D eigenvalue weighted by molar-refractivity contribution is 0.242. The molecule has 0 aliphatic heterocycles. The van der Waals surface area contributed by atoms with Gasteiger partial charge in [-0.15, -0.1) is 0 Å². The van der Waals surface area contributed by atoms with Gasteiger partial charge in [-0.1, -0.05) is 19.1 Å². The minimum absolute atomic E-state index is 0.164. The van der Waals surface area contributed by atoms with Crippen molar-refractivity contribution in [2.45, 2.75) is 39.8 Å². The summed E-state index contributed by atoms with van der Waals surface area (Å²) in [7, 11) is 1.96. The molecule has 0 spiro atoms. The Balaban J connectivity index is 2.28. The van der Waals surface area contributed by atoms with Crippen LogP contribution in [0.15, 0.2) is 30.5 Å². The largest absolute Gasteiger partial charge is 0.491 e. The van der Waals surface area contributed by atoms with Crippen molar-refractivity contribution in [3.05, 3.63) is 47.3 Å². The first-order valence-electron chi connectivity index (χ1n) is 7.51. The van der Waals surface area contributed by atoms with Gasteiger partial charge < -0.3 is 10.1 Å². The Morgan fingerprint density at radius 2 is 1.90 bits per heavy atom. The average Bonchev–Trinajstić information content (AvgIpc) is 2.75. The summed E-state index contributed by atoms with van der Waals surface area (Å²) in [6, 6.07) is 8.47. The van der Waals surface area contributed by atoms with E-state index in [9.17, 15) is 0 Å². The molecule has 2 rings (SSSR count). The summed E-state index contributed by atoms with van der Waals surface area (Å²) in [5.74, 6) is 0.909. The number of aryl methyl sites for hydroxylation is 2. The zero-order valence-corrected chi connectivity index (χ0v) is 13.6. The normalized spacial score (nSPS) is 12.7. The summed E-state index contributed by atoms with van der Waals surface area (Å²) in [5, 5.41) is 7.98. The van der Waals surface area contributed by atoms with Gasteiger partial charge in [0.05, 0.1) is 17.8 Å². The van der Waals surface area contributed by atoms with E-state index in [0.29, 0.717) is 0 Å². The smallest absolute Gasteiger partial charge is 0.119 e. The van der Waals surface area contributed by atoms with Crippen molar-refractivity contribution in [2.24, 2.45) is 7.05 Å². The Morgan fingerprint density at radius 3 is 2.38 bits per heavy atom. The van der Waals surface area contributed by atoms with Gasteiger partial charge >= 0.3 is 0 Å². The molecule has 1 aromatic heterocycles. The van der Waals surface area contributed by atoms with Crippen LogP contribution >= 0.6 is 0 Å². The van der Waals surface area contributed by atoms with Gasteiger partial charge in [-0.05, 0) is 45.0 Å². The highest BCUT2D eigenvalue weighted by atomic mass is 16.5. The van der Waals surface area contributed by atoms with Crippen molar-refractivity contribution in [1.29, 1.82) is 0 Å². The third kappa shape index (κ3) is 3.85. The highest BCUT2D eigenvalue weighted by Crippen LogP contribution is 2.26. The first-order valence-corrected chi connectivity index (χ1v) is 7.51. The Hall–Kier alpha value is -1.81. The van der Waals surface area contributed by atoms with Crippen molar-refractivity contribution in [3.63, 3.8) is 0 Å². The minimum atomic E-state index is 0.164. The van der Waals surface area contributed by atoms with Crippen molar-refractivity contribution in [3.8, 4) is 5.75 Å². The number of nitrogens with zero attached hydrogens (tertiary/aromatic N) is 2. The van der Waals surface area contributed by atoms with Crippen molar-refractivity contribution in [2.75, 3.05) is 6.54 Å². The van der Waals surface area contributed by atoms with Crippen molar-refractivity contribution < 1.29 is 4.74 Å². The summed E-state index contributed by atoms with van der Waals surface area (Å²) in [5.41, 5.74) is 3.51. The van der Waals surface area contributed by atoms with Crippen LogP contribution in [0.1, 0.15) is 43.6 Å².